The van der Waals surface area contributed by atoms with Crippen LogP contribution in [0.4, 0.5) is 0 Å². The number of benzene rings is 1. The molecule has 1 aromatic carbocycles. The Bertz CT molecular complexity index is 472. The molecule has 1 aliphatic heterocycles. The zero-order valence-corrected chi connectivity index (χ0v) is 10.1. The maximum atomic E-state index is 11.5. The largest absolute Gasteiger partial charge is 0.494 e. The first-order valence-corrected chi connectivity index (χ1v) is 5.86. The molecule has 2 N–H and O–H groups in total. The summed E-state index contributed by atoms with van der Waals surface area (Å²) in [6, 6.07) is 7.24. The third kappa shape index (κ3) is 2.30. The number of carboxylic acids is 1. The van der Waals surface area contributed by atoms with Crippen molar-refractivity contribution in [3.8, 4) is 5.75 Å². The van der Waals surface area contributed by atoms with Crippen LogP contribution in [0.25, 0.3) is 0 Å². The van der Waals surface area contributed by atoms with E-state index in [0.29, 0.717) is 18.9 Å². The Morgan fingerprint density at radius 2 is 2.33 bits per heavy atom. The molecule has 1 heterocycles. The fourth-order valence-corrected chi connectivity index (χ4v) is 2.22. The highest BCUT2D eigenvalue weighted by atomic mass is 16.5. The number of amides is 1. The highest BCUT2D eigenvalue weighted by molar-refractivity contribution is 5.99. The Hall–Kier alpha value is -2.04. The maximum absolute atomic E-state index is 11.5. The van der Waals surface area contributed by atoms with E-state index in [1.165, 1.54) is 0 Å². The van der Waals surface area contributed by atoms with Gasteiger partial charge in [0.1, 0.15) is 11.7 Å². The quantitative estimate of drug-likeness (QED) is 0.780. The lowest BCUT2D eigenvalue weighted by atomic mass is 9.88. The second kappa shape index (κ2) is 5.08. The smallest absolute Gasteiger partial charge is 0.316 e. The van der Waals surface area contributed by atoms with Crippen LogP contribution >= 0.6 is 0 Å². The SMILES string of the molecule is CCOc1cccc([C@H]2CNC(=O)[C@@H]2C(=O)O)c1. The molecule has 0 spiro atoms. The molecular formula is C13H15NO4. The Labute approximate surface area is 105 Å². The Balaban J connectivity index is 2.27. The number of nitrogens with one attached hydrogen (secondary N) is 1. The topological polar surface area (TPSA) is 75.6 Å². The molecule has 0 aliphatic carbocycles. The molecule has 0 radical (unpaired) electrons. The van der Waals surface area contributed by atoms with Gasteiger partial charge in [0, 0.05) is 12.5 Å². The summed E-state index contributed by atoms with van der Waals surface area (Å²) >= 11 is 0. The lowest BCUT2D eigenvalue weighted by Gasteiger charge is -2.14. The Morgan fingerprint density at radius 3 is 3.00 bits per heavy atom. The molecule has 0 saturated carbocycles. The van der Waals surface area contributed by atoms with Crippen molar-refractivity contribution in [1.29, 1.82) is 0 Å². The molecule has 0 unspecified atom stereocenters. The van der Waals surface area contributed by atoms with Crippen LogP contribution in [0.3, 0.4) is 0 Å². The van der Waals surface area contributed by atoms with Gasteiger partial charge in [-0.1, -0.05) is 12.1 Å². The van der Waals surface area contributed by atoms with Gasteiger partial charge < -0.3 is 15.2 Å². The molecular weight excluding hydrogens is 234 g/mol. The minimum absolute atomic E-state index is 0.338. The molecule has 1 amide bonds. The average molecular weight is 249 g/mol. The van der Waals surface area contributed by atoms with Crippen molar-refractivity contribution in [2.75, 3.05) is 13.2 Å². The zero-order chi connectivity index (χ0) is 13.1. The molecule has 2 atom stereocenters. The van der Waals surface area contributed by atoms with Crippen LogP contribution in [0, 0.1) is 5.92 Å². The van der Waals surface area contributed by atoms with Crippen LogP contribution in [0.5, 0.6) is 5.75 Å². The zero-order valence-electron chi connectivity index (χ0n) is 10.1. The fourth-order valence-electron chi connectivity index (χ4n) is 2.22. The number of hydrogen-bond donors (Lipinski definition) is 2. The fraction of sp³-hybridized carbons (Fsp3) is 0.385. The highest BCUT2D eigenvalue weighted by Crippen LogP contribution is 2.31. The molecule has 2 rings (SSSR count). The van der Waals surface area contributed by atoms with E-state index >= 15 is 0 Å². The molecule has 0 aromatic heterocycles. The first kappa shape index (κ1) is 12.4. The van der Waals surface area contributed by atoms with Gasteiger partial charge in [0.05, 0.1) is 6.61 Å². The summed E-state index contributed by atoms with van der Waals surface area (Å²) in [6.45, 7) is 2.78. The van der Waals surface area contributed by atoms with Crippen molar-refractivity contribution in [3.05, 3.63) is 29.8 Å². The Kier molecular flexibility index (Phi) is 3.50. The summed E-state index contributed by atoms with van der Waals surface area (Å²) in [5.41, 5.74) is 0.812. The summed E-state index contributed by atoms with van der Waals surface area (Å²) in [5.74, 6) is -2.16. The third-order valence-corrected chi connectivity index (χ3v) is 3.04. The molecule has 1 saturated heterocycles. The minimum atomic E-state index is -1.09. The highest BCUT2D eigenvalue weighted by Gasteiger charge is 2.41. The van der Waals surface area contributed by atoms with Gasteiger partial charge in [0.15, 0.2) is 0 Å². The van der Waals surface area contributed by atoms with Gasteiger partial charge >= 0.3 is 5.97 Å². The van der Waals surface area contributed by atoms with E-state index in [2.05, 4.69) is 5.32 Å². The van der Waals surface area contributed by atoms with E-state index in [9.17, 15) is 9.59 Å². The average Bonchev–Trinajstić information content (AvgIpc) is 2.72. The molecule has 5 nitrogen and oxygen atoms in total. The van der Waals surface area contributed by atoms with Crippen LogP contribution in [-0.4, -0.2) is 30.1 Å². The number of aliphatic carboxylic acids is 1. The molecule has 0 bridgehead atoms. The van der Waals surface area contributed by atoms with E-state index in [4.69, 9.17) is 9.84 Å². The number of rotatable bonds is 4. The maximum Gasteiger partial charge on any atom is 0.316 e. The number of hydrogen-bond acceptors (Lipinski definition) is 3. The van der Waals surface area contributed by atoms with Crippen LogP contribution in [-0.2, 0) is 9.59 Å². The molecule has 18 heavy (non-hydrogen) atoms. The van der Waals surface area contributed by atoms with Gasteiger partial charge in [0.2, 0.25) is 5.91 Å². The lowest BCUT2D eigenvalue weighted by Crippen LogP contribution is -2.26. The van der Waals surface area contributed by atoms with Crippen molar-refractivity contribution in [1.82, 2.24) is 5.32 Å². The first-order chi connectivity index (χ1) is 8.63. The number of carbonyl (C=O) groups excluding carboxylic acids is 1. The van der Waals surface area contributed by atoms with E-state index in [0.717, 1.165) is 5.56 Å². The predicted molar refractivity (Wildman–Crippen MR) is 64.5 cm³/mol. The van der Waals surface area contributed by atoms with Crippen LogP contribution in [0.2, 0.25) is 0 Å². The first-order valence-electron chi connectivity index (χ1n) is 5.86. The summed E-state index contributed by atoms with van der Waals surface area (Å²) in [5, 5.41) is 11.7. The minimum Gasteiger partial charge on any atom is -0.494 e. The summed E-state index contributed by atoms with van der Waals surface area (Å²) in [7, 11) is 0. The second-order valence-corrected chi connectivity index (χ2v) is 4.17. The third-order valence-electron chi connectivity index (χ3n) is 3.04. The van der Waals surface area contributed by atoms with Crippen molar-refractivity contribution in [2.45, 2.75) is 12.8 Å². The Morgan fingerprint density at radius 1 is 1.56 bits per heavy atom. The number of carbonyl (C=O) groups is 2. The lowest BCUT2D eigenvalue weighted by molar-refractivity contribution is -0.145. The monoisotopic (exact) mass is 249 g/mol. The van der Waals surface area contributed by atoms with Gasteiger partial charge in [-0.25, -0.2) is 0 Å². The van der Waals surface area contributed by atoms with E-state index in [-0.39, 0.29) is 5.92 Å². The van der Waals surface area contributed by atoms with Crippen molar-refractivity contribution >= 4 is 11.9 Å². The van der Waals surface area contributed by atoms with Gasteiger partial charge in [0.25, 0.3) is 0 Å². The molecule has 1 aliphatic rings. The van der Waals surface area contributed by atoms with Gasteiger partial charge in [-0.3, -0.25) is 9.59 Å². The second-order valence-electron chi connectivity index (χ2n) is 4.17. The predicted octanol–water partition coefficient (Wildman–Crippen LogP) is 0.999. The molecule has 96 valence electrons. The summed E-state index contributed by atoms with van der Waals surface area (Å²) in [6.07, 6.45) is 0. The van der Waals surface area contributed by atoms with Crippen LogP contribution in [0.1, 0.15) is 18.4 Å². The van der Waals surface area contributed by atoms with E-state index in [1.807, 2.05) is 25.1 Å². The van der Waals surface area contributed by atoms with Gasteiger partial charge in [-0.15, -0.1) is 0 Å². The van der Waals surface area contributed by atoms with Gasteiger partial charge in [-0.05, 0) is 24.6 Å². The normalized spacial score (nSPS) is 22.6. The van der Waals surface area contributed by atoms with E-state index in [1.54, 1.807) is 6.07 Å². The molecule has 1 fully saturated rings. The number of carboxylic acid groups (broad SMARTS) is 1. The van der Waals surface area contributed by atoms with Crippen molar-refractivity contribution in [3.63, 3.8) is 0 Å². The van der Waals surface area contributed by atoms with Crippen LogP contribution < -0.4 is 10.1 Å². The summed E-state index contributed by atoms with van der Waals surface area (Å²) in [4.78, 5) is 22.6. The van der Waals surface area contributed by atoms with E-state index < -0.39 is 17.8 Å². The summed E-state index contributed by atoms with van der Waals surface area (Å²) < 4.78 is 5.38. The molecule has 1 aromatic rings. The van der Waals surface area contributed by atoms with Gasteiger partial charge in [-0.2, -0.15) is 0 Å². The van der Waals surface area contributed by atoms with Crippen molar-refractivity contribution in [2.24, 2.45) is 5.92 Å². The number of ether oxygens (including phenoxy) is 1. The van der Waals surface area contributed by atoms with Crippen molar-refractivity contribution < 1.29 is 19.4 Å². The standard InChI is InChI=1S/C13H15NO4/c1-2-18-9-5-3-4-8(6-9)10-7-14-12(15)11(10)13(16)17/h3-6,10-11H,2,7H2,1H3,(H,14,15)(H,16,17)/t10-,11-/m1/s1. The molecule has 5 heteroatoms. The van der Waals surface area contributed by atoms with Crippen LogP contribution in [0.15, 0.2) is 24.3 Å².